The molecule has 17 heavy (non-hydrogen) atoms. The van der Waals surface area contributed by atoms with Crippen LogP contribution in [0, 0.1) is 6.92 Å². The first-order chi connectivity index (χ1) is 7.94. The Bertz CT molecular complexity index is 363. The van der Waals surface area contributed by atoms with Gasteiger partial charge in [-0.1, -0.05) is 24.6 Å². The van der Waals surface area contributed by atoms with Gasteiger partial charge in [-0.25, -0.2) is 0 Å². The van der Waals surface area contributed by atoms with E-state index in [1.807, 2.05) is 25.1 Å². The molecule has 1 rings (SSSR count). The third-order valence-electron chi connectivity index (χ3n) is 3.00. The lowest BCUT2D eigenvalue weighted by atomic mass is 10.0. The topological polar surface area (TPSA) is 21.3 Å². The quantitative estimate of drug-likeness (QED) is 0.781. The van der Waals surface area contributed by atoms with E-state index in [-0.39, 0.29) is 5.54 Å². The summed E-state index contributed by atoms with van der Waals surface area (Å²) < 4.78 is 5.71. The van der Waals surface area contributed by atoms with Crippen LogP contribution in [0.1, 0.15) is 32.8 Å². The number of benzene rings is 1. The Hall–Kier alpha value is -0.730. The Morgan fingerprint density at radius 1 is 1.35 bits per heavy atom. The second-order valence-corrected chi connectivity index (χ2v) is 5.36. The highest BCUT2D eigenvalue weighted by Crippen LogP contribution is 2.22. The van der Waals surface area contributed by atoms with Gasteiger partial charge in [-0.3, -0.25) is 0 Å². The van der Waals surface area contributed by atoms with E-state index in [0.717, 1.165) is 24.3 Å². The van der Waals surface area contributed by atoms with Gasteiger partial charge in [0.25, 0.3) is 0 Å². The van der Waals surface area contributed by atoms with Gasteiger partial charge < -0.3 is 10.1 Å². The van der Waals surface area contributed by atoms with Crippen molar-refractivity contribution in [1.29, 1.82) is 0 Å². The van der Waals surface area contributed by atoms with Crippen LogP contribution in [-0.4, -0.2) is 18.7 Å². The number of halogens is 1. The molecule has 0 fully saturated rings. The summed E-state index contributed by atoms with van der Waals surface area (Å²) >= 11 is 5.93. The van der Waals surface area contributed by atoms with E-state index in [4.69, 9.17) is 16.3 Å². The Kier molecular flexibility index (Phi) is 5.29. The molecule has 0 aliphatic carbocycles. The molecule has 0 unspecified atom stereocenters. The van der Waals surface area contributed by atoms with Gasteiger partial charge in [-0.2, -0.15) is 0 Å². The largest absolute Gasteiger partial charge is 0.492 e. The highest BCUT2D eigenvalue weighted by molar-refractivity contribution is 6.30. The lowest BCUT2D eigenvalue weighted by Crippen LogP contribution is -2.40. The van der Waals surface area contributed by atoms with Crippen molar-refractivity contribution < 1.29 is 4.74 Å². The van der Waals surface area contributed by atoms with Crippen molar-refractivity contribution in [3.05, 3.63) is 28.8 Å². The van der Waals surface area contributed by atoms with Gasteiger partial charge in [-0.15, -0.1) is 0 Å². The smallest absolute Gasteiger partial charge is 0.123 e. The molecule has 0 radical (unpaired) electrons. The average molecular weight is 256 g/mol. The summed E-state index contributed by atoms with van der Waals surface area (Å²) in [6.07, 6.45) is 1.10. The molecule has 0 aliphatic rings. The van der Waals surface area contributed by atoms with Crippen LogP contribution in [0.5, 0.6) is 5.75 Å². The van der Waals surface area contributed by atoms with Gasteiger partial charge >= 0.3 is 0 Å². The van der Waals surface area contributed by atoms with E-state index < -0.39 is 0 Å². The first-order valence-electron chi connectivity index (χ1n) is 6.08. The summed E-state index contributed by atoms with van der Waals surface area (Å²) in [6, 6.07) is 5.71. The van der Waals surface area contributed by atoms with Crippen molar-refractivity contribution in [2.24, 2.45) is 0 Å². The van der Waals surface area contributed by atoms with E-state index in [2.05, 4.69) is 26.1 Å². The summed E-state index contributed by atoms with van der Waals surface area (Å²) in [4.78, 5) is 0. The van der Waals surface area contributed by atoms with Crippen LogP contribution in [0.15, 0.2) is 18.2 Å². The van der Waals surface area contributed by atoms with E-state index in [9.17, 15) is 0 Å². The lowest BCUT2D eigenvalue weighted by Gasteiger charge is -2.24. The molecular weight excluding hydrogens is 234 g/mol. The molecule has 0 aromatic heterocycles. The zero-order chi connectivity index (χ0) is 12.9. The molecule has 0 spiro atoms. The molecule has 1 aromatic carbocycles. The van der Waals surface area contributed by atoms with E-state index in [1.165, 1.54) is 0 Å². The summed E-state index contributed by atoms with van der Waals surface area (Å²) in [5, 5.41) is 4.17. The molecule has 0 aliphatic heterocycles. The van der Waals surface area contributed by atoms with Crippen LogP contribution in [0.3, 0.4) is 0 Å². The van der Waals surface area contributed by atoms with E-state index >= 15 is 0 Å². The fourth-order valence-electron chi connectivity index (χ4n) is 1.40. The van der Waals surface area contributed by atoms with Gasteiger partial charge in [0.2, 0.25) is 0 Å². The average Bonchev–Trinajstić information content (AvgIpc) is 2.29. The Balaban J connectivity index is 2.38. The van der Waals surface area contributed by atoms with Gasteiger partial charge in [0.15, 0.2) is 0 Å². The molecule has 2 nitrogen and oxygen atoms in total. The monoisotopic (exact) mass is 255 g/mol. The standard InChI is InChI=1S/C14H22ClNO/c1-5-14(3,4)16-8-9-17-13-10-12(15)7-6-11(13)2/h6-7,10,16H,5,8-9H2,1-4H3. The molecule has 0 saturated carbocycles. The van der Waals surface area contributed by atoms with Crippen LogP contribution in [0.2, 0.25) is 5.02 Å². The SMILES string of the molecule is CCC(C)(C)NCCOc1cc(Cl)ccc1C. The zero-order valence-electron chi connectivity index (χ0n) is 11.1. The second kappa shape index (κ2) is 6.27. The molecule has 0 saturated heterocycles. The first-order valence-corrected chi connectivity index (χ1v) is 6.46. The van der Waals surface area contributed by atoms with Crippen LogP contribution >= 0.6 is 11.6 Å². The predicted octanol–water partition coefficient (Wildman–Crippen LogP) is 3.81. The molecule has 0 heterocycles. The summed E-state index contributed by atoms with van der Waals surface area (Å²) in [6.45, 7) is 10.1. The summed E-state index contributed by atoms with van der Waals surface area (Å²) in [5.74, 6) is 0.869. The van der Waals surface area contributed by atoms with E-state index in [0.29, 0.717) is 11.6 Å². The Labute approximate surface area is 109 Å². The van der Waals surface area contributed by atoms with Gasteiger partial charge in [0, 0.05) is 17.1 Å². The minimum atomic E-state index is 0.173. The van der Waals surface area contributed by atoms with Crippen molar-refractivity contribution in [2.75, 3.05) is 13.2 Å². The van der Waals surface area contributed by atoms with Gasteiger partial charge in [0.1, 0.15) is 12.4 Å². The highest BCUT2D eigenvalue weighted by atomic mass is 35.5. The molecular formula is C14H22ClNO. The molecule has 1 aromatic rings. The minimum absolute atomic E-state index is 0.173. The van der Waals surface area contributed by atoms with Crippen molar-refractivity contribution in [3.63, 3.8) is 0 Å². The van der Waals surface area contributed by atoms with Crippen LogP contribution < -0.4 is 10.1 Å². The Morgan fingerprint density at radius 3 is 2.71 bits per heavy atom. The molecule has 0 bridgehead atoms. The van der Waals surface area contributed by atoms with Crippen LogP contribution in [0.25, 0.3) is 0 Å². The molecule has 0 amide bonds. The fourth-order valence-corrected chi connectivity index (χ4v) is 1.57. The Morgan fingerprint density at radius 2 is 2.06 bits per heavy atom. The van der Waals surface area contributed by atoms with Gasteiger partial charge in [-0.05, 0) is 44.9 Å². The molecule has 96 valence electrons. The minimum Gasteiger partial charge on any atom is -0.492 e. The van der Waals surface area contributed by atoms with Gasteiger partial charge in [0.05, 0.1) is 0 Å². The zero-order valence-corrected chi connectivity index (χ0v) is 11.9. The van der Waals surface area contributed by atoms with Crippen LogP contribution in [-0.2, 0) is 0 Å². The summed E-state index contributed by atoms with van der Waals surface area (Å²) in [5.41, 5.74) is 1.29. The van der Waals surface area contributed by atoms with Crippen molar-refractivity contribution in [1.82, 2.24) is 5.32 Å². The number of rotatable bonds is 6. The molecule has 0 atom stereocenters. The normalized spacial score (nSPS) is 11.6. The number of nitrogens with one attached hydrogen (secondary N) is 1. The van der Waals surface area contributed by atoms with E-state index in [1.54, 1.807) is 0 Å². The third-order valence-corrected chi connectivity index (χ3v) is 3.23. The number of hydrogen-bond acceptors (Lipinski definition) is 2. The molecule has 3 heteroatoms. The van der Waals surface area contributed by atoms with Crippen molar-refractivity contribution in [2.45, 2.75) is 39.7 Å². The van der Waals surface area contributed by atoms with Crippen LogP contribution in [0.4, 0.5) is 0 Å². The fraction of sp³-hybridized carbons (Fsp3) is 0.571. The first kappa shape index (κ1) is 14.3. The maximum absolute atomic E-state index is 5.93. The predicted molar refractivity (Wildman–Crippen MR) is 74.1 cm³/mol. The van der Waals surface area contributed by atoms with Crippen molar-refractivity contribution >= 4 is 11.6 Å². The van der Waals surface area contributed by atoms with Crippen molar-refractivity contribution in [3.8, 4) is 5.75 Å². The number of aryl methyl sites for hydroxylation is 1. The summed E-state index contributed by atoms with van der Waals surface area (Å²) in [7, 11) is 0. The number of ether oxygens (including phenoxy) is 1. The number of hydrogen-bond donors (Lipinski definition) is 1. The lowest BCUT2D eigenvalue weighted by molar-refractivity contribution is 0.279. The third kappa shape index (κ3) is 4.97. The second-order valence-electron chi connectivity index (χ2n) is 4.92. The maximum atomic E-state index is 5.93. The highest BCUT2D eigenvalue weighted by Gasteiger charge is 2.12. The maximum Gasteiger partial charge on any atom is 0.123 e. The molecule has 1 N–H and O–H groups in total.